The number of nitrogens with zero attached hydrogens (tertiary/aromatic N) is 2. The molecule has 0 unspecified atom stereocenters. The highest BCUT2D eigenvalue weighted by Gasteiger charge is 2.02. The monoisotopic (exact) mass is 254 g/mol. The second kappa shape index (κ2) is 3.55. The predicted molar refractivity (Wildman–Crippen MR) is 57.8 cm³/mol. The smallest absolute Gasteiger partial charge is 0.147 e. The molecule has 0 aliphatic rings. The first-order valence-corrected chi connectivity index (χ1v) is 5.47. The minimum atomic E-state index is 0.962. The average molecular weight is 255 g/mol. The standard InChI is InChI=1S/C9H7BrN2S/c1-6-2-7(4-8(10)3-6)9-12-11-5-13-9/h2-5H,1H3. The summed E-state index contributed by atoms with van der Waals surface area (Å²) in [5.74, 6) is 0. The van der Waals surface area contributed by atoms with Crippen LogP contribution in [0.15, 0.2) is 28.2 Å². The van der Waals surface area contributed by atoms with Crippen molar-refractivity contribution < 1.29 is 0 Å². The van der Waals surface area contributed by atoms with Crippen molar-refractivity contribution in [2.45, 2.75) is 6.92 Å². The summed E-state index contributed by atoms with van der Waals surface area (Å²) in [5, 5.41) is 8.79. The van der Waals surface area contributed by atoms with Crippen LogP contribution in [0.3, 0.4) is 0 Å². The van der Waals surface area contributed by atoms with E-state index in [1.54, 1.807) is 16.8 Å². The molecule has 66 valence electrons. The molecule has 0 aliphatic carbocycles. The van der Waals surface area contributed by atoms with Gasteiger partial charge in [0.2, 0.25) is 0 Å². The van der Waals surface area contributed by atoms with E-state index in [2.05, 4.69) is 45.2 Å². The minimum Gasteiger partial charge on any atom is -0.147 e. The third kappa shape index (κ3) is 1.95. The fourth-order valence-electron chi connectivity index (χ4n) is 1.16. The van der Waals surface area contributed by atoms with Gasteiger partial charge >= 0.3 is 0 Å². The number of hydrogen-bond acceptors (Lipinski definition) is 3. The largest absolute Gasteiger partial charge is 0.147 e. The van der Waals surface area contributed by atoms with E-state index in [1.165, 1.54) is 5.56 Å². The van der Waals surface area contributed by atoms with Gasteiger partial charge in [0.05, 0.1) is 0 Å². The maximum Gasteiger partial charge on any atom is 0.147 e. The Hall–Kier alpha value is -0.740. The van der Waals surface area contributed by atoms with E-state index in [9.17, 15) is 0 Å². The second-order valence-electron chi connectivity index (χ2n) is 2.76. The Morgan fingerprint density at radius 3 is 2.77 bits per heavy atom. The zero-order chi connectivity index (χ0) is 9.26. The molecule has 1 aromatic carbocycles. The second-order valence-corrected chi connectivity index (χ2v) is 4.51. The average Bonchev–Trinajstić information content (AvgIpc) is 2.53. The lowest BCUT2D eigenvalue weighted by atomic mass is 10.1. The van der Waals surface area contributed by atoms with Crippen LogP contribution in [0.4, 0.5) is 0 Å². The van der Waals surface area contributed by atoms with Crippen LogP contribution in [0, 0.1) is 6.92 Å². The van der Waals surface area contributed by atoms with Gasteiger partial charge in [0.15, 0.2) is 0 Å². The van der Waals surface area contributed by atoms with Crippen LogP contribution in [0.2, 0.25) is 0 Å². The molecule has 4 heteroatoms. The van der Waals surface area contributed by atoms with Gasteiger partial charge in [0, 0.05) is 10.0 Å². The first kappa shape index (κ1) is 8.84. The molecule has 0 saturated carbocycles. The van der Waals surface area contributed by atoms with Gasteiger partial charge in [-0.3, -0.25) is 0 Å². The summed E-state index contributed by atoms with van der Waals surface area (Å²) in [6.45, 7) is 2.06. The molecule has 0 aliphatic heterocycles. The molecule has 0 fully saturated rings. The molecule has 0 atom stereocenters. The van der Waals surface area contributed by atoms with Gasteiger partial charge in [0.25, 0.3) is 0 Å². The summed E-state index contributed by atoms with van der Waals surface area (Å²) in [5.41, 5.74) is 4.08. The number of benzene rings is 1. The highest BCUT2D eigenvalue weighted by Crippen LogP contribution is 2.25. The molecule has 0 saturated heterocycles. The van der Waals surface area contributed by atoms with Crippen molar-refractivity contribution in [3.05, 3.63) is 33.7 Å². The molecular weight excluding hydrogens is 248 g/mol. The van der Waals surface area contributed by atoms with Gasteiger partial charge in [-0.25, -0.2) is 0 Å². The molecule has 1 aromatic heterocycles. The normalized spacial score (nSPS) is 10.3. The molecule has 0 bridgehead atoms. The summed E-state index contributed by atoms with van der Waals surface area (Å²) < 4.78 is 1.08. The summed E-state index contributed by atoms with van der Waals surface area (Å²) in [4.78, 5) is 0. The Labute approximate surface area is 88.8 Å². The Bertz CT molecular complexity index is 391. The Morgan fingerprint density at radius 2 is 2.15 bits per heavy atom. The lowest BCUT2D eigenvalue weighted by Gasteiger charge is -1.99. The van der Waals surface area contributed by atoms with Crippen molar-refractivity contribution in [2.75, 3.05) is 0 Å². The molecule has 2 nitrogen and oxygen atoms in total. The lowest BCUT2D eigenvalue weighted by molar-refractivity contribution is 1.09. The zero-order valence-electron chi connectivity index (χ0n) is 6.99. The van der Waals surface area contributed by atoms with E-state index in [0.29, 0.717) is 0 Å². The molecule has 0 spiro atoms. The van der Waals surface area contributed by atoms with Gasteiger partial charge in [-0.05, 0) is 30.7 Å². The van der Waals surface area contributed by atoms with E-state index in [-0.39, 0.29) is 0 Å². The van der Waals surface area contributed by atoms with Crippen LogP contribution in [0.1, 0.15) is 5.56 Å². The first-order chi connectivity index (χ1) is 6.25. The van der Waals surface area contributed by atoms with Crippen molar-refractivity contribution in [3.63, 3.8) is 0 Å². The molecule has 1 heterocycles. The van der Waals surface area contributed by atoms with Crippen molar-refractivity contribution >= 4 is 27.3 Å². The summed E-state index contributed by atoms with van der Waals surface area (Å²) in [7, 11) is 0. The molecule has 0 radical (unpaired) electrons. The van der Waals surface area contributed by atoms with Crippen LogP contribution < -0.4 is 0 Å². The van der Waals surface area contributed by atoms with Crippen LogP contribution in [0.5, 0.6) is 0 Å². The highest BCUT2D eigenvalue weighted by molar-refractivity contribution is 9.10. The molecule has 13 heavy (non-hydrogen) atoms. The van der Waals surface area contributed by atoms with Crippen molar-refractivity contribution in [3.8, 4) is 10.6 Å². The minimum absolute atomic E-state index is 0.962. The van der Waals surface area contributed by atoms with E-state index in [1.807, 2.05) is 6.07 Å². The summed E-state index contributed by atoms with van der Waals surface area (Å²) >= 11 is 5.01. The van der Waals surface area contributed by atoms with Crippen LogP contribution in [0.25, 0.3) is 10.6 Å². The Balaban J connectivity index is 2.53. The van der Waals surface area contributed by atoms with Crippen LogP contribution in [-0.4, -0.2) is 10.2 Å². The number of aromatic nitrogens is 2. The van der Waals surface area contributed by atoms with Crippen molar-refractivity contribution in [1.29, 1.82) is 0 Å². The van der Waals surface area contributed by atoms with Gasteiger partial charge in [-0.2, -0.15) is 0 Å². The predicted octanol–water partition coefficient (Wildman–Crippen LogP) is 3.28. The Morgan fingerprint density at radius 1 is 1.31 bits per heavy atom. The van der Waals surface area contributed by atoms with Crippen LogP contribution >= 0.6 is 27.3 Å². The van der Waals surface area contributed by atoms with Crippen molar-refractivity contribution in [1.82, 2.24) is 10.2 Å². The van der Waals surface area contributed by atoms with Gasteiger partial charge in [0.1, 0.15) is 10.5 Å². The third-order valence-corrected chi connectivity index (χ3v) is 2.85. The maximum atomic E-state index is 4.02. The van der Waals surface area contributed by atoms with Gasteiger partial charge in [-0.1, -0.05) is 27.3 Å². The fourth-order valence-corrected chi connectivity index (χ4v) is 2.31. The topological polar surface area (TPSA) is 25.8 Å². The van der Waals surface area contributed by atoms with E-state index >= 15 is 0 Å². The number of halogens is 1. The molecule has 0 amide bonds. The summed E-state index contributed by atoms with van der Waals surface area (Å²) in [6, 6.07) is 6.23. The number of hydrogen-bond donors (Lipinski definition) is 0. The maximum absolute atomic E-state index is 4.02. The van der Waals surface area contributed by atoms with Crippen LogP contribution in [-0.2, 0) is 0 Å². The van der Waals surface area contributed by atoms with E-state index < -0.39 is 0 Å². The SMILES string of the molecule is Cc1cc(Br)cc(-c2nncs2)c1. The van der Waals surface area contributed by atoms with E-state index in [0.717, 1.165) is 15.0 Å². The molecule has 2 aromatic rings. The van der Waals surface area contributed by atoms with Gasteiger partial charge in [-0.15, -0.1) is 10.2 Å². The lowest BCUT2D eigenvalue weighted by Crippen LogP contribution is -1.79. The first-order valence-electron chi connectivity index (χ1n) is 3.79. The molecule has 0 N–H and O–H groups in total. The third-order valence-electron chi connectivity index (χ3n) is 1.65. The molecular formula is C9H7BrN2S. The van der Waals surface area contributed by atoms with Gasteiger partial charge < -0.3 is 0 Å². The summed E-state index contributed by atoms with van der Waals surface area (Å²) in [6.07, 6.45) is 0. The highest BCUT2D eigenvalue weighted by atomic mass is 79.9. The zero-order valence-corrected chi connectivity index (χ0v) is 9.39. The Kier molecular flexibility index (Phi) is 2.42. The van der Waals surface area contributed by atoms with Crippen molar-refractivity contribution in [2.24, 2.45) is 0 Å². The quantitative estimate of drug-likeness (QED) is 0.781. The fraction of sp³-hybridized carbons (Fsp3) is 0.111. The molecule has 2 rings (SSSR count). The van der Waals surface area contributed by atoms with E-state index in [4.69, 9.17) is 0 Å². The number of aryl methyl sites for hydroxylation is 1. The number of rotatable bonds is 1.